The van der Waals surface area contributed by atoms with Gasteiger partial charge in [0.05, 0.1) is 17.7 Å². The zero-order valence-electron chi connectivity index (χ0n) is 17.9. The van der Waals surface area contributed by atoms with Gasteiger partial charge in [0.1, 0.15) is 5.75 Å². The lowest BCUT2D eigenvalue weighted by Crippen LogP contribution is -2.36. The summed E-state index contributed by atoms with van der Waals surface area (Å²) < 4.78 is 33.7. The number of likely N-dealkylation sites (tertiary alicyclic amines) is 1. The molecule has 1 amide bonds. The van der Waals surface area contributed by atoms with Crippen LogP contribution in [0.25, 0.3) is 0 Å². The number of ether oxygens (including phenoxy) is 1. The predicted octanol–water partition coefficient (Wildman–Crippen LogP) is 4.34. The van der Waals surface area contributed by atoms with Crippen LogP contribution in [0.1, 0.15) is 28.8 Å². The Labute approximate surface area is 188 Å². The van der Waals surface area contributed by atoms with E-state index >= 15 is 0 Å². The molecule has 0 spiro atoms. The van der Waals surface area contributed by atoms with E-state index in [1.807, 2.05) is 23.1 Å². The average Bonchev–Trinajstić information content (AvgIpc) is 3.27. The van der Waals surface area contributed by atoms with Crippen molar-refractivity contribution in [2.45, 2.75) is 30.2 Å². The summed E-state index contributed by atoms with van der Waals surface area (Å²) in [7, 11) is -2.41. The molecule has 32 heavy (non-hydrogen) atoms. The molecule has 3 aromatic rings. The van der Waals surface area contributed by atoms with E-state index in [4.69, 9.17) is 4.74 Å². The summed E-state index contributed by atoms with van der Waals surface area (Å²) in [6, 6.07) is 23.2. The average molecular weight is 451 g/mol. The molecule has 1 atom stereocenters. The van der Waals surface area contributed by atoms with E-state index in [2.05, 4.69) is 16.9 Å². The Hall–Kier alpha value is -3.32. The van der Waals surface area contributed by atoms with Gasteiger partial charge in [-0.1, -0.05) is 48.5 Å². The van der Waals surface area contributed by atoms with Gasteiger partial charge in [0.25, 0.3) is 15.9 Å². The molecule has 1 unspecified atom stereocenters. The first kappa shape index (κ1) is 21.9. The molecule has 1 saturated heterocycles. The Bertz CT molecular complexity index is 1200. The number of amides is 1. The molecule has 1 N–H and O–H groups in total. The largest absolute Gasteiger partial charge is 0.495 e. The molecule has 1 fully saturated rings. The van der Waals surface area contributed by atoms with Crippen LogP contribution in [-0.4, -0.2) is 38.9 Å². The number of anilines is 1. The molecular formula is C25H26N2O4S. The van der Waals surface area contributed by atoms with Crippen molar-refractivity contribution in [2.24, 2.45) is 0 Å². The maximum absolute atomic E-state index is 13.3. The number of hydrogen-bond acceptors (Lipinski definition) is 4. The second kappa shape index (κ2) is 9.44. The zero-order chi connectivity index (χ0) is 22.6. The van der Waals surface area contributed by atoms with Crippen molar-refractivity contribution >= 4 is 21.6 Å². The Kier molecular flexibility index (Phi) is 6.46. The number of rotatable bonds is 7. The molecule has 0 saturated carbocycles. The van der Waals surface area contributed by atoms with Crippen molar-refractivity contribution in [3.8, 4) is 5.75 Å². The number of para-hydroxylation sites is 2. The highest BCUT2D eigenvalue weighted by molar-refractivity contribution is 7.92. The molecule has 1 heterocycles. The molecule has 1 aliphatic heterocycles. The Balaban J connectivity index is 1.54. The highest BCUT2D eigenvalue weighted by atomic mass is 32.2. The number of methoxy groups -OCH3 is 1. The molecule has 166 valence electrons. The van der Waals surface area contributed by atoms with Crippen LogP contribution in [0.3, 0.4) is 0 Å². The van der Waals surface area contributed by atoms with Crippen molar-refractivity contribution in [2.75, 3.05) is 18.4 Å². The quantitative estimate of drug-likeness (QED) is 0.581. The van der Waals surface area contributed by atoms with Crippen LogP contribution in [0, 0.1) is 0 Å². The SMILES string of the molecule is COc1ccccc1NS(=O)(=O)c1cccc(C(=O)N2CCCC2Cc2ccccc2)c1. The van der Waals surface area contributed by atoms with E-state index in [1.54, 1.807) is 36.4 Å². The fourth-order valence-electron chi connectivity index (χ4n) is 4.10. The molecule has 0 aromatic heterocycles. The zero-order valence-corrected chi connectivity index (χ0v) is 18.7. The first-order chi connectivity index (χ1) is 15.5. The molecule has 0 bridgehead atoms. The van der Waals surface area contributed by atoms with Gasteiger partial charge in [-0.3, -0.25) is 9.52 Å². The summed E-state index contributed by atoms with van der Waals surface area (Å²) in [6.07, 6.45) is 2.67. The lowest BCUT2D eigenvalue weighted by molar-refractivity contribution is 0.0736. The van der Waals surface area contributed by atoms with Crippen LogP contribution in [0.4, 0.5) is 5.69 Å². The molecule has 7 heteroatoms. The van der Waals surface area contributed by atoms with Crippen molar-refractivity contribution in [1.29, 1.82) is 0 Å². The maximum atomic E-state index is 13.3. The van der Waals surface area contributed by atoms with Gasteiger partial charge in [0.15, 0.2) is 0 Å². The number of carbonyl (C=O) groups is 1. The highest BCUT2D eigenvalue weighted by Crippen LogP contribution is 2.27. The normalized spacial score (nSPS) is 16.0. The minimum absolute atomic E-state index is 0.0352. The fraction of sp³-hybridized carbons (Fsp3) is 0.240. The summed E-state index contributed by atoms with van der Waals surface area (Å²) in [5.41, 5.74) is 1.90. The van der Waals surface area contributed by atoms with E-state index in [1.165, 1.54) is 24.8 Å². The van der Waals surface area contributed by atoms with Crippen molar-refractivity contribution < 1.29 is 17.9 Å². The fourth-order valence-corrected chi connectivity index (χ4v) is 5.21. The predicted molar refractivity (Wildman–Crippen MR) is 124 cm³/mol. The van der Waals surface area contributed by atoms with E-state index in [0.29, 0.717) is 23.5 Å². The number of hydrogen-bond donors (Lipinski definition) is 1. The number of benzene rings is 3. The van der Waals surface area contributed by atoms with Crippen LogP contribution >= 0.6 is 0 Å². The molecule has 3 aromatic carbocycles. The van der Waals surface area contributed by atoms with Crippen molar-refractivity contribution in [3.63, 3.8) is 0 Å². The van der Waals surface area contributed by atoms with Crippen LogP contribution in [0.5, 0.6) is 5.75 Å². The minimum atomic E-state index is -3.89. The molecule has 1 aliphatic rings. The number of nitrogens with one attached hydrogen (secondary N) is 1. The van der Waals surface area contributed by atoms with Crippen LogP contribution in [0.15, 0.2) is 83.8 Å². The van der Waals surface area contributed by atoms with Gasteiger partial charge in [0.2, 0.25) is 0 Å². The Morgan fingerprint density at radius 1 is 1.03 bits per heavy atom. The van der Waals surface area contributed by atoms with Crippen LogP contribution in [-0.2, 0) is 16.4 Å². The third kappa shape index (κ3) is 4.78. The van der Waals surface area contributed by atoms with Crippen LogP contribution in [0.2, 0.25) is 0 Å². The molecule has 0 radical (unpaired) electrons. The third-order valence-corrected chi connectivity index (χ3v) is 7.06. The molecule has 0 aliphatic carbocycles. The second-order valence-corrected chi connectivity index (χ2v) is 9.50. The van der Waals surface area contributed by atoms with Gasteiger partial charge >= 0.3 is 0 Å². The summed E-state index contributed by atoms with van der Waals surface area (Å²) in [5.74, 6) is 0.280. The van der Waals surface area contributed by atoms with Crippen LogP contribution < -0.4 is 9.46 Å². The van der Waals surface area contributed by atoms with E-state index in [-0.39, 0.29) is 16.8 Å². The monoisotopic (exact) mass is 450 g/mol. The second-order valence-electron chi connectivity index (χ2n) is 7.82. The molecule has 4 rings (SSSR count). The minimum Gasteiger partial charge on any atom is -0.495 e. The first-order valence-corrected chi connectivity index (χ1v) is 12.1. The highest BCUT2D eigenvalue weighted by Gasteiger charge is 2.30. The van der Waals surface area contributed by atoms with E-state index in [0.717, 1.165) is 19.3 Å². The van der Waals surface area contributed by atoms with Gasteiger partial charge in [-0.05, 0) is 55.2 Å². The summed E-state index contributed by atoms with van der Waals surface area (Å²) in [4.78, 5) is 15.2. The standard InChI is InChI=1S/C25H26N2O4S/c1-31-24-15-6-5-14-23(24)26-32(29,30)22-13-7-11-20(18-22)25(28)27-16-8-12-21(27)17-19-9-3-2-4-10-19/h2-7,9-11,13-15,18,21,26H,8,12,16-17H2,1H3. The van der Waals surface area contributed by atoms with E-state index in [9.17, 15) is 13.2 Å². The van der Waals surface area contributed by atoms with Gasteiger partial charge in [-0.15, -0.1) is 0 Å². The number of nitrogens with zero attached hydrogens (tertiary/aromatic N) is 1. The molecular weight excluding hydrogens is 424 g/mol. The Morgan fingerprint density at radius 2 is 1.78 bits per heavy atom. The van der Waals surface area contributed by atoms with Crippen molar-refractivity contribution in [3.05, 3.63) is 90.0 Å². The smallest absolute Gasteiger partial charge is 0.262 e. The lowest BCUT2D eigenvalue weighted by atomic mass is 10.0. The van der Waals surface area contributed by atoms with Crippen molar-refractivity contribution in [1.82, 2.24) is 4.90 Å². The van der Waals surface area contributed by atoms with E-state index < -0.39 is 10.0 Å². The topological polar surface area (TPSA) is 75.7 Å². The third-order valence-electron chi connectivity index (χ3n) is 5.69. The van der Waals surface area contributed by atoms with Gasteiger partial charge in [0, 0.05) is 18.2 Å². The summed E-state index contributed by atoms with van der Waals surface area (Å²) in [6.45, 7) is 0.673. The van der Waals surface area contributed by atoms with Gasteiger partial charge in [-0.2, -0.15) is 0 Å². The molecule has 6 nitrogen and oxygen atoms in total. The van der Waals surface area contributed by atoms with Gasteiger partial charge < -0.3 is 9.64 Å². The number of carbonyl (C=O) groups excluding carboxylic acids is 1. The maximum Gasteiger partial charge on any atom is 0.262 e. The van der Waals surface area contributed by atoms with Gasteiger partial charge in [-0.25, -0.2) is 8.42 Å². The number of sulfonamides is 1. The Morgan fingerprint density at radius 3 is 2.56 bits per heavy atom. The first-order valence-electron chi connectivity index (χ1n) is 10.6. The summed E-state index contributed by atoms with van der Waals surface area (Å²) >= 11 is 0. The lowest BCUT2D eigenvalue weighted by Gasteiger charge is -2.25. The summed E-state index contributed by atoms with van der Waals surface area (Å²) in [5, 5.41) is 0.